The molecule has 0 atom stereocenters. The van der Waals surface area contributed by atoms with E-state index in [0.29, 0.717) is 19.0 Å². The number of nitrogens with one attached hydrogen (secondary N) is 2. The summed E-state index contributed by atoms with van der Waals surface area (Å²) in [5.74, 6) is -0.155. The lowest BCUT2D eigenvalue weighted by Gasteiger charge is -2.08. The number of hydrogen-bond donors (Lipinski definition) is 2. The quantitative estimate of drug-likeness (QED) is 0.445. The summed E-state index contributed by atoms with van der Waals surface area (Å²) < 4.78 is 4.52. The van der Waals surface area contributed by atoms with Crippen LogP contribution in [0.25, 0.3) is 0 Å². The highest BCUT2D eigenvalue weighted by Gasteiger charge is 1.98. The predicted octanol–water partition coefficient (Wildman–Crippen LogP) is 0.527. The first-order valence-corrected chi connectivity index (χ1v) is 5.17. The number of esters is 1. The molecule has 0 amide bonds. The molecule has 2 N–H and O–H groups in total. The second-order valence-electron chi connectivity index (χ2n) is 3.54. The van der Waals surface area contributed by atoms with Gasteiger partial charge in [-0.25, -0.2) is 0 Å². The summed E-state index contributed by atoms with van der Waals surface area (Å²) in [7, 11) is 1.41. The molecule has 0 aliphatic heterocycles. The average molecular weight is 202 g/mol. The normalized spacial score (nSPS) is 10.6. The first-order chi connectivity index (χ1) is 6.66. The molecule has 0 unspecified atom stereocenters. The van der Waals surface area contributed by atoms with Crippen LogP contribution < -0.4 is 10.6 Å². The van der Waals surface area contributed by atoms with Crippen molar-refractivity contribution in [1.82, 2.24) is 10.6 Å². The zero-order valence-corrected chi connectivity index (χ0v) is 9.43. The van der Waals surface area contributed by atoms with E-state index in [1.807, 2.05) is 0 Å². The van der Waals surface area contributed by atoms with Crippen molar-refractivity contribution >= 4 is 5.97 Å². The Bertz CT molecular complexity index is 149. The average Bonchev–Trinajstić information content (AvgIpc) is 2.15. The maximum atomic E-state index is 10.7. The lowest BCUT2D eigenvalue weighted by molar-refractivity contribution is -0.140. The minimum absolute atomic E-state index is 0.155. The van der Waals surface area contributed by atoms with E-state index < -0.39 is 0 Å². The third kappa shape index (κ3) is 9.48. The number of ether oxygens (including phenoxy) is 1. The SMILES string of the molecule is COC(=O)CCNCCCNC(C)C. The Hall–Kier alpha value is -0.610. The van der Waals surface area contributed by atoms with Crippen LogP contribution in [0.4, 0.5) is 0 Å². The molecule has 0 radical (unpaired) electrons. The largest absolute Gasteiger partial charge is 0.469 e. The van der Waals surface area contributed by atoms with Crippen molar-refractivity contribution in [1.29, 1.82) is 0 Å². The van der Waals surface area contributed by atoms with Gasteiger partial charge in [-0.05, 0) is 19.5 Å². The van der Waals surface area contributed by atoms with Gasteiger partial charge < -0.3 is 15.4 Å². The maximum Gasteiger partial charge on any atom is 0.306 e. The summed E-state index contributed by atoms with van der Waals surface area (Å²) in [6, 6.07) is 0.546. The van der Waals surface area contributed by atoms with Gasteiger partial charge in [-0.15, -0.1) is 0 Å². The maximum absolute atomic E-state index is 10.7. The molecule has 84 valence electrons. The molecular weight excluding hydrogens is 180 g/mol. The van der Waals surface area contributed by atoms with E-state index in [2.05, 4.69) is 29.2 Å². The van der Waals surface area contributed by atoms with Gasteiger partial charge in [-0.3, -0.25) is 4.79 Å². The number of methoxy groups -OCH3 is 1. The molecule has 0 aromatic heterocycles. The molecule has 0 bridgehead atoms. The molecular formula is C10H22N2O2. The lowest BCUT2D eigenvalue weighted by atomic mass is 10.3. The topological polar surface area (TPSA) is 50.4 Å². The molecule has 14 heavy (non-hydrogen) atoms. The van der Waals surface area contributed by atoms with E-state index in [0.717, 1.165) is 19.5 Å². The fourth-order valence-corrected chi connectivity index (χ4v) is 1.02. The van der Waals surface area contributed by atoms with Crippen LogP contribution in [0.2, 0.25) is 0 Å². The van der Waals surface area contributed by atoms with Crippen molar-refractivity contribution in [2.45, 2.75) is 32.7 Å². The van der Waals surface area contributed by atoms with E-state index in [4.69, 9.17) is 0 Å². The molecule has 0 aromatic carbocycles. The summed E-state index contributed by atoms with van der Waals surface area (Å²) in [6.45, 7) is 6.92. The van der Waals surface area contributed by atoms with E-state index in [1.54, 1.807) is 0 Å². The second kappa shape index (κ2) is 8.97. The number of carbonyl (C=O) groups excluding carboxylic acids is 1. The van der Waals surface area contributed by atoms with Crippen molar-refractivity contribution in [3.63, 3.8) is 0 Å². The third-order valence-electron chi connectivity index (χ3n) is 1.82. The Kier molecular flexibility index (Phi) is 8.57. The molecule has 0 fully saturated rings. The molecule has 0 aromatic rings. The van der Waals surface area contributed by atoms with Crippen LogP contribution in [0.5, 0.6) is 0 Å². The van der Waals surface area contributed by atoms with Gasteiger partial charge in [0.1, 0.15) is 0 Å². The van der Waals surface area contributed by atoms with Crippen LogP contribution in [-0.2, 0) is 9.53 Å². The van der Waals surface area contributed by atoms with Crippen molar-refractivity contribution in [2.24, 2.45) is 0 Å². The molecule has 0 heterocycles. The molecule has 4 heteroatoms. The Morgan fingerprint density at radius 3 is 2.57 bits per heavy atom. The van der Waals surface area contributed by atoms with Gasteiger partial charge in [-0.1, -0.05) is 13.8 Å². The van der Waals surface area contributed by atoms with Crippen LogP contribution in [0.3, 0.4) is 0 Å². The molecule has 0 saturated carbocycles. The van der Waals surface area contributed by atoms with E-state index >= 15 is 0 Å². The molecule has 0 aliphatic carbocycles. The van der Waals surface area contributed by atoms with Gasteiger partial charge in [0.2, 0.25) is 0 Å². The Morgan fingerprint density at radius 1 is 1.29 bits per heavy atom. The Morgan fingerprint density at radius 2 is 2.00 bits per heavy atom. The van der Waals surface area contributed by atoms with Gasteiger partial charge in [0.15, 0.2) is 0 Å². The fraction of sp³-hybridized carbons (Fsp3) is 0.900. The van der Waals surface area contributed by atoms with Gasteiger partial charge in [-0.2, -0.15) is 0 Å². The first kappa shape index (κ1) is 13.4. The van der Waals surface area contributed by atoms with E-state index in [-0.39, 0.29) is 5.97 Å². The highest BCUT2D eigenvalue weighted by atomic mass is 16.5. The zero-order valence-electron chi connectivity index (χ0n) is 9.43. The summed E-state index contributed by atoms with van der Waals surface area (Å²) in [6.07, 6.45) is 1.54. The highest BCUT2D eigenvalue weighted by Crippen LogP contribution is 1.82. The monoisotopic (exact) mass is 202 g/mol. The van der Waals surface area contributed by atoms with Crippen LogP contribution >= 0.6 is 0 Å². The predicted molar refractivity (Wildman–Crippen MR) is 57.3 cm³/mol. The second-order valence-corrected chi connectivity index (χ2v) is 3.54. The molecule has 0 saturated heterocycles. The third-order valence-corrected chi connectivity index (χ3v) is 1.82. The number of rotatable bonds is 8. The Labute approximate surface area is 86.4 Å². The molecule has 0 rings (SSSR count). The highest BCUT2D eigenvalue weighted by molar-refractivity contribution is 5.69. The van der Waals surface area contributed by atoms with Crippen molar-refractivity contribution in [2.75, 3.05) is 26.7 Å². The van der Waals surface area contributed by atoms with Gasteiger partial charge in [0.25, 0.3) is 0 Å². The van der Waals surface area contributed by atoms with Gasteiger partial charge in [0.05, 0.1) is 13.5 Å². The van der Waals surface area contributed by atoms with Gasteiger partial charge in [0, 0.05) is 12.6 Å². The summed E-state index contributed by atoms with van der Waals surface area (Å²) in [5.41, 5.74) is 0. The van der Waals surface area contributed by atoms with Crippen molar-refractivity contribution in [3.05, 3.63) is 0 Å². The number of hydrogen-bond acceptors (Lipinski definition) is 4. The van der Waals surface area contributed by atoms with E-state index in [1.165, 1.54) is 7.11 Å². The first-order valence-electron chi connectivity index (χ1n) is 5.17. The van der Waals surface area contributed by atoms with Gasteiger partial charge >= 0.3 is 5.97 Å². The summed E-state index contributed by atoms with van der Waals surface area (Å²) >= 11 is 0. The minimum Gasteiger partial charge on any atom is -0.469 e. The van der Waals surface area contributed by atoms with Crippen LogP contribution in [0.1, 0.15) is 26.7 Å². The summed E-state index contributed by atoms with van der Waals surface area (Å²) in [5, 5.41) is 6.51. The smallest absolute Gasteiger partial charge is 0.306 e. The van der Waals surface area contributed by atoms with Crippen LogP contribution in [0.15, 0.2) is 0 Å². The van der Waals surface area contributed by atoms with Crippen molar-refractivity contribution in [3.8, 4) is 0 Å². The van der Waals surface area contributed by atoms with Crippen LogP contribution in [0, 0.1) is 0 Å². The minimum atomic E-state index is -0.155. The lowest BCUT2D eigenvalue weighted by Crippen LogP contribution is -2.27. The zero-order chi connectivity index (χ0) is 10.8. The van der Waals surface area contributed by atoms with E-state index in [9.17, 15) is 4.79 Å². The standard InChI is InChI=1S/C10H22N2O2/c1-9(2)12-7-4-6-11-8-5-10(13)14-3/h9,11-12H,4-8H2,1-3H3. The van der Waals surface area contributed by atoms with Crippen LogP contribution in [-0.4, -0.2) is 38.8 Å². The molecule has 4 nitrogen and oxygen atoms in total. The fourth-order valence-electron chi connectivity index (χ4n) is 1.02. The van der Waals surface area contributed by atoms with Crippen molar-refractivity contribution < 1.29 is 9.53 Å². The molecule has 0 spiro atoms. The number of carbonyl (C=O) groups is 1. The summed E-state index contributed by atoms with van der Waals surface area (Å²) in [4.78, 5) is 10.7. The molecule has 0 aliphatic rings. The Balaban J connectivity index is 3.03.